The highest BCUT2D eigenvalue weighted by atomic mass is 32.1. The van der Waals surface area contributed by atoms with E-state index >= 15 is 0 Å². The van der Waals surface area contributed by atoms with Crippen LogP contribution >= 0.6 is 12.2 Å². The lowest BCUT2D eigenvalue weighted by Crippen LogP contribution is -2.54. The lowest BCUT2D eigenvalue weighted by molar-refractivity contribution is -0.122. The third-order valence-electron chi connectivity index (χ3n) is 4.22. The zero-order valence-electron chi connectivity index (χ0n) is 14.9. The minimum absolute atomic E-state index is 0.0315. The number of carbonyl (C=O) groups excluding carboxylic acids is 2. The lowest BCUT2D eigenvalue weighted by atomic mass is 10.1. The number of aryl methyl sites for hydroxylation is 1. The van der Waals surface area contributed by atoms with E-state index in [4.69, 9.17) is 17.0 Å². The zero-order valence-corrected chi connectivity index (χ0v) is 15.7. The molecule has 0 radical (unpaired) electrons. The van der Waals surface area contributed by atoms with Crippen molar-refractivity contribution < 1.29 is 19.4 Å². The maximum absolute atomic E-state index is 12.9. The molecule has 2 aromatic rings. The van der Waals surface area contributed by atoms with Gasteiger partial charge in [-0.2, -0.15) is 0 Å². The van der Waals surface area contributed by atoms with Gasteiger partial charge in [0.1, 0.15) is 5.57 Å². The van der Waals surface area contributed by atoms with Gasteiger partial charge in [0.05, 0.1) is 12.8 Å². The van der Waals surface area contributed by atoms with Crippen LogP contribution in [0.1, 0.15) is 18.1 Å². The van der Waals surface area contributed by atoms with Gasteiger partial charge in [-0.05, 0) is 60.1 Å². The van der Waals surface area contributed by atoms with Crippen molar-refractivity contribution in [2.45, 2.75) is 13.3 Å². The number of phenolic OH excluding ortho intramolecular Hbond substituents is 1. The molecule has 1 saturated heterocycles. The fourth-order valence-corrected chi connectivity index (χ4v) is 3.02. The number of nitrogens with zero attached hydrogens (tertiary/aromatic N) is 1. The summed E-state index contributed by atoms with van der Waals surface area (Å²) < 4.78 is 5.00. The Bertz CT molecular complexity index is 951. The molecule has 0 aromatic heterocycles. The highest BCUT2D eigenvalue weighted by Gasteiger charge is 2.34. The van der Waals surface area contributed by atoms with Crippen molar-refractivity contribution in [3.63, 3.8) is 0 Å². The van der Waals surface area contributed by atoms with Gasteiger partial charge in [0.2, 0.25) is 0 Å². The van der Waals surface area contributed by atoms with Crippen molar-refractivity contribution in [3.05, 3.63) is 59.2 Å². The molecular weight excluding hydrogens is 364 g/mol. The molecule has 0 saturated carbocycles. The quantitative estimate of drug-likeness (QED) is 0.483. The van der Waals surface area contributed by atoms with Crippen molar-refractivity contribution in [1.82, 2.24) is 5.32 Å². The number of hydrogen-bond donors (Lipinski definition) is 2. The van der Waals surface area contributed by atoms with E-state index in [1.807, 2.05) is 19.1 Å². The van der Waals surface area contributed by atoms with E-state index in [1.165, 1.54) is 24.2 Å². The van der Waals surface area contributed by atoms with Crippen LogP contribution in [0, 0.1) is 0 Å². The van der Waals surface area contributed by atoms with Crippen LogP contribution in [0.15, 0.2) is 48.0 Å². The Morgan fingerprint density at radius 3 is 2.48 bits per heavy atom. The van der Waals surface area contributed by atoms with Crippen LogP contribution in [0.3, 0.4) is 0 Å². The van der Waals surface area contributed by atoms with Gasteiger partial charge in [0.25, 0.3) is 11.8 Å². The van der Waals surface area contributed by atoms with Gasteiger partial charge in [-0.1, -0.05) is 25.1 Å². The van der Waals surface area contributed by atoms with Crippen LogP contribution in [0.2, 0.25) is 0 Å². The predicted octanol–water partition coefficient (Wildman–Crippen LogP) is 2.79. The van der Waals surface area contributed by atoms with E-state index < -0.39 is 11.8 Å². The fraction of sp³-hybridized carbons (Fsp3) is 0.150. The van der Waals surface area contributed by atoms with Crippen molar-refractivity contribution in [1.29, 1.82) is 0 Å². The number of aromatic hydroxyl groups is 1. The number of benzene rings is 2. The number of nitrogens with one attached hydrogen (secondary N) is 1. The summed E-state index contributed by atoms with van der Waals surface area (Å²) in [6.45, 7) is 2.04. The number of methoxy groups -OCH3 is 1. The van der Waals surface area contributed by atoms with Crippen LogP contribution in [-0.2, 0) is 16.0 Å². The van der Waals surface area contributed by atoms with Crippen LogP contribution in [-0.4, -0.2) is 29.1 Å². The highest BCUT2D eigenvalue weighted by Crippen LogP contribution is 2.28. The molecule has 1 aliphatic heterocycles. The maximum atomic E-state index is 12.9. The predicted molar refractivity (Wildman–Crippen MR) is 107 cm³/mol. The van der Waals surface area contributed by atoms with E-state index in [1.54, 1.807) is 24.3 Å². The largest absolute Gasteiger partial charge is 0.504 e. The molecule has 0 bridgehead atoms. The molecule has 2 N–H and O–H groups in total. The molecule has 1 heterocycles. The molecule has 7 heteroatoms. The number of ether oxygens (including phenoxy) is 1. The Hall–Kier alpha value is -3.19. The Morgan fingerprint density at radius 1 is 1.19 bits per heavy atom. The van der Waals surface area contributed by atoms with Crippen LogP contribution in [0.4, 0.5) is 5.69 Å². The molecule has 3 rings (SSSR count). The summed E-state index contributed by atoms with van der Waals surface area (Å²) in [6.07, 6.45) is 2.29. The molecule has 2 amide bonds. The summed E-state index contributed by atoms with van der Waals surface area (Å²) in [5, 5.41) is 12.5. The van der Waals surface area contributed by atoms with E-state index in [9.17, 15) is 14.7 Å². The second kappa shape index (κ2) is 7.59. The SMILES string of the molecule is CCc1ccc(N2C(=O)/C(=C/c3ccc(OC)c(O)c3)C(=O)NC2=S)cc1. The summed E-state index contributed by atoms with van der Waals surface area (Å²) in [7, 11) is 1.44. The molecule has 0 spiro atoms. The van der Waals surface area contributed by atoms with Gasteiger partial charge >= 0.3 is 0 Å². The highest BCUT2D eigenvalue weighted by molar-refractivity contribution is 7.80. The molecule has 0 atom stereocenters. The first-order valence-corrected chi connectivity index (χ1v) is 8.72. The molecule has 6 nitrogen and oxygen atoms in total. The van der Waals surface area contributed by atoms with Gasteiger partial charge in [-0.3, -0.25) is 19.8 Å². The van der Waals surface area contributed by atoms with E-state index in [-0.39, 0.29) is 16.4 Å². The zero-order chi connectivity index (χ0) is 19.6. The summed E-state index contributed by atoms with van der Waals surface area (Å²) in [6, 6.07) is 12.0. The summed E-state index contributed by atoms with van der Waals surface area (Å²) in [4.78, 5) is 26.5. The average molecular weight is 382 g/mol. The van der Waals surface area contributed by atoms with Crippen molar-refractivity contribution in [2.24, 2.45) is 0 Å². The Balaban J connectivity index is 1.97. The second-order valence-corrected chi connectivity index (χ2v) is 6.30. The number of hydrogen-bond acceptors (Lipinski definition) is 5. The Kier molecular flexibility index (Phi) is 5.23. The molecule has 2 aromatic carbocycles. The van der Waals surface area contributed by atoms with Crippen LogP contribution in [0.5, 0.6) is 11.5 Å². The second-order valence-electron chi connectivity index (χ2n) is 5.91. The Morgan fingerprint density at radius 2 is 1.89 bits per heavy atom. The molecule has 1 fully saturated rings. The standard InChI is InChI=1S/C20H18N2O4S/c1-3-12-4-7-14(8-5-12)22-19(25)15(18(24)21-20(22)27)10-13-6-9-17(26-2)16(23)11-13/h4-11,23H,3H2,1-2H3,(H,21,24,27)/b15-10+. The first-order valence-electron chi connectivity index (χ1n) is 8.32. The smallest absolute Gasteiger partial charge is 0.270 e. The summed E-state index contributed by atoms with van der Waals surface area (Å²) >= 11 is 5.19. The van der Waals surface area contributed by atoms with Crippen molar-refractivity contribution in [2.75, 3.05) is 12.0 Å². The number of anilines is 1. The van der Waals surface area contributed by atoms with Crippen molar-refractivity contribution in [3.8, 4) is 11.5 Å². The van der Waals surface area contributed by atoms with Gasteiger partial charge in [-0.15, -0.1) is 0 Å². The first-order chi connectivity index (χ1) is 12.9. The topological polar surface area (TPSA) is 78.9 Å². The van der Waals surface area contributed by atoms with Gasteiger partial charge < -0.3 is 9.84 Å². The van der Waals surface area contributed by atoms with Gasteiger partial charge in [-0.25, -0.2) is 0 Å². The molecule has 0 aliphatic carbocycles. The molecule has 0 unspecified atom stereocenters. The van der Waals surface area contributed by atoms with Crippen molar-refractivity contribution >= 4 is 40.9 Å². The lowest BCUT2D eigenvalue weighted by Gasteiger charge is -2.29. The van der Waals surface area contributed by atoms with Gasteiger partial charge in [0.15, 0.2) is 16.6 Å². The molecular formula is C20H18N2O4S. The third-order valence-corrected chi connectivity index (χ3v) is 4.50. The summed E-state index contributed by atoms with van der Waals surface area (Å²) in [5.41, 5.74) is 2.11. The fourth-order valence-electron chi connectivity index (χ4n) is 2.74. The number of carbonyl (C=O) groups is 2. The number of rotatable bonds is 4. The Labute approximate surface area is 162 Å². The minimum Gasteiger partial charge on any atom is -0.504 e. The number of thiocarbonyl (C=S) groups is 1. The third kappa shape index (κ3) is 3.68. The normalized spacial score (nSPS) is 15.9. The molecule has 27 heavy (non-hydrogen) atoms. The molecule has 138 valence electrons. The van der Waals surface area contributed by atoms with E-state index in [0.717, 1.165) is 12.0 Å². The summed E-state index contributed by atoms with van der Waals surface area (Å²) in [5.74, 6) is -0.890. The van der Waals surface area contributed by atoms with E-state index in [0.29, 0.717) is 17.0 Å². The monoisotopic (exact) mass is 382 g/mol. The minimum atomic E-state index is -0.582. The first kappa shape index (κ1) is 18.6. The van der Waals surface area contributed by atoms with Crippen LogP contribution in [0.25, 0.3) is 6.08 Å². The number of amides is 2. The average Bonchev–Trinajstić information content (AvgIpc) is 2.65. The van der Waals surface area contributed by atoms with Crippen LogP contribution < -0.4 is 15.0 Å². The number of phenols is 1. The van der Waals surface area contributed by atoms with Gasteiger partial charge in [0, 0.05) is 0 Å². The van der Waals surface area contributed by atoms with E-state index in [2.05, 4.69) is 5.32 Å². The maximum Gasteiger partial charge on any atom is 0.270 e. The molecule has 1 aliphatic rings.